The predicted molar refractivity (Wildman–Crippen MR) is 64.1 cm³/mol. The minimum atomic E-state index is -0.700. The summed E-state index contributed by atoms with van der Waals surface area (Å²) in [6, 6.07) is 0. The number of carbonyl (C=O) groups is 1. The molecule has 1 rings (SSSR count). The largest absolute Gasteiger partial charge is 0.381 e. The van der Waals surface area contributed by atoms with E-state index in [1.807, 2.05) is 11.8 Å². The summed E-state index contributed by atoms with van der Waals surface area (Å²) < 4.78 is 5.28. The molecule has 1 heterocycles. The van der Waals surface area contributed by atoms with Crippen molar-refractivity contribution >= 4 is 5.91 Å². The highest BCUT2D eigenvalue weighted by Crippen LogP contribution is 2.18. The van der Waals surface area contributed by atoms with Crippen LogP contribution in [0.4, 0.5) is 0 Å². The van der Waals surface area contributed by atoms with Crippen LogP contribution >= 0.6 is 0 Å². The van der Waals surface area contributed by atoms with Crippen molar-refractivity contribution in [1.82, 2.24) is 4.90 Å². The van der Waals surface area contributed by atoms with Crippen molar-refractivity contribution in [2.45, 2.75) is 51.2 Å². The van der Waals surface area contributed by atoms with E-state index in [1.165, 1.54) is 0 Å². The molecule has 1 fully saturated rings. The third kappa shape index (κ3) is 3.19. The summed E-state index contributed by atoms with van der Waals surface area (Å²) in [5.74, 6) is 0.0869. The van der Waals surface area contributed by atoms with Crippen LogP contribution in [-0.4, -0.2) is 42.6 Å². The number of likely N-dealkylation sites (tertiary alicyclic amines) is 1. The van der Waals surface area contributed by atoms with Gasteiger partial charge in [-0.3, -0.25) is 4.79 Å². The molecule has 1 amide bonds. The van der Waals surface area contributed by atoms with Crippen LogP contribution in [0.1, 0.15) is 39.5 Å². The Morgan fingerprint density at radius 1 is 1.50 bits per heavy atom. The zero-order valence-electron chi connectivity index (χ0n) is 10.7. The fourth-order valence-corrected chi connectivity index (χ4v) is 2.28. The van der Waals surface area contributed by atoms with E-state index in [9.17, 15) is 4.79 Å². The molecule has 2 N–H and O–H groups in total. The average Bonchev–Trinajstić information content (AvgIpc) is 2.28. The first kappa shape index (κ1) is 13.5. The van der Waals surface area contributed by atoms with Crippen molar-refractivity contribution in [2.75, 3.05) is 20.2 Å². The summed E-state index contributed by atoms with van der Waals surface area (Å²) in [7, 11) is 1.73. The molecule has 0 aliphatic carbocycles. The highest BCUT2D eigenvalue weighted by Gasteiger charge is 2.33. The number of piperidine rings is 1. The van der Waals surface area contributed by atoms with Crippen molar-refractivity contribution in [1.29, 1.82) is 0 Å². The summed E-state index contributed by atoms with van der Waals surface area (Å²) in [6.45, 7) is 5.43. The fourth-order valence-electron chi connectivity index (χ4n) is 2.28. The van der Waals surface area contributed by atoms with Gasteiger partial charge in [0, 0.05) is 20.2 Å². The molecule has 0 bridgehead atoms. The molecule has 1 aliphatic heterocycles. The quantitative estimate of drug-likeness (QED) is 0.785. The highest BCUT2D eigenvalue weighted by atomic mass is 16.5. The Morgan fingerprint density at radius 2 is 2.06 bits per heavy atom. The lowest BCUT2D eigenvalue weighted by atomic mass is 9.94. The van der Waals surface area contributed by atoms with Gasteiger partial charge < -0.3 is 15.4 Å². The molecular weight excluding hydrogens is 204 g/mol. The Hall–Kier alpha value is -0.610. The summed E-state index contributed by atoms with van der Waals surface area (Å²) >= 11 is 0. The molecular formula is C12H24N2O2. The van der Waals surface area contributed by atoms with Crippen LogP contribution in [0.5, 0.6) is 0 Å². The second-order valence-electron chi connectivity index (χ2n) is 4.89. The van der Waals surface area contributed by atoms with Crippen molar-refractivity contribution in [3.05, 3.63) is 0 Å². The van der Waals surface area contributed by atoms with E-state index in [0.717, 1.165) is 38.8 Å². The normalized spacial score (nSPS) is 21.9. The lowest BCUT2D eigenvalue weighted by Crippen LogP contribution is -2.55. The molecule has 4 nitrogen and oxygen atoms in total. The number of nitrogens with zero attached hydrogens (tertiary/aromatic N) is 1. The molecule has 0 aromatic heterocycles. The number of hydrogen-bond donors (Lipinski definition) is 1. The minimum Gasteiger partial charge on any atom is -0.381 e. The van der Waals surface area contributed by atoms with Gasteiger partial charge in [-0.15, -0.1) is 0 Å². The number of carbonyl (C=O) groups excluding carboxylic acids is 1. The Bertz CT molecular complexity index is 233. The second-order valence-corrected chi connectivity index (χ2v) is 4.89. The zero-order chi connectivity index (χ0) is 12.2. The lowest BCUT2D eigenvalue weighted by Gasteiger charge is -2.36. The molecule has 0 aromatic rings. The lowest BCUT2D eigenvalue weighted by molar-refractivity contribution is -0.139. The minimum absolute atomic E-state index is 0.0869. The molecule has 16 heavy (non-hydrogen) atoms. The summed E-state index contributed by atoms with van der Waals surface area (Å²) in [5, 5.41) is 0. The number of rotatable bonds is 4. The first-order valence-corrected chi connectivity index (χ1v) is 6.12. The second kappa shape index (κ2) is 5.64. The molecule has 4 heteroatoms. The standard InChI is InChI=1S/C12H24N2O2/c1-4-7-12(2,13)11(15)14-8-5-10(16-3)6-9-14/h10H,4-9,13H2,1-3H3. The highest BCUT2D eigenvalue weighted by molar-refractivity contribution is 5.85. The van der Waals surface area contributed by atoms with Gasteiger partial charge >= 0.3 is 0 Å². The van der Waals surface area contributed by atoms with Gasteiger partial charge in [0.05, 0.1) is 11.6 Å². The first-order chi connectivity index (χ1) is 7.51. The third-order valence-electron chi connectivity index (χ3n) is 3.32. The summed E-state index contributed by atoms with van der Waals surface area (Å²) in [4.78, 5) is 14.0. The maximum absolute atomic E-state index is 12.2. The van der Waals surface area contributed by atoms with Gasteiger partial charge in [-0.25, -0.2) is 0 Å². The van der Waals surface area contributed by atoms with Gasteiger partial charge in [0.15, 0.2) is 0 Å². The molecule has 1 unspecified atom stereocenters. The van der Waals surface area contributed by atoms with E-state index in [-0.39, 0.29) is 5.91 Å². The van der Waals surface area contributed by atoms with Crippen LogP contribution in [0.2, 0.25) is 0 Å². The van der Waals surface area contributed by atoms with Crippen LogP contribution in [0, 0.1) is 0 Å². The van der Waals surface area contributed by atoms with Crippen molar-refractivity contribution in [3.63, 3.8) is 0 Å². The van der Waals surface area contributed by atoms with Crippen LogP contribution < -0.4 is 5.73 Å². The average molecular weight is 228 g/mol. The molecule has 94 valence electrons. The molecule has 1 saturated heterocycles. The Labute approximate surface area is 98.1 Å². The smallest absolute Gasteiger partial charge is 0.242 e. The molecule has 0 spiro atoms. The maximum Gasteiger partial charge on any atom is 0.242 e. The number of ether oxygens (including phenoxy) is 1. The van der Waals surface area contributed by atoms with Crippen molar-refractivity contribution in [3.8, 4) is 0 Å². The van der Waals surface area contributed by atoms with E-state index in [1.54, 1.807) is 7.11 Å². The van der Waals surface area contributed by atoms with Gasteiger partial charge in [-0.2, -0.15) is 0 Å². The van der Waals surface area contributed by atoms with Gasteiger partial charge in [0.1, 0.15) is 0 Å². The molecule has 1 atom stereocenters. The number of methoxy groups -OCH3 is 1. The molecule has 1 aliphatic rings. The maximum atomic E-state index is 12.2. The fraction of sp³-hybridized carbons (Fsp3) is 0.917. The predicted octanol–water partition coefficient (Wildman–Crippen LogP) is 1.14. The van der Waals surface area contributed by atoms with E-state index in [0.29, 0.717) is 6.10 Å². The van der Waals surface area contributed by atoms with E-state index >= 15 is 0 Å². The van der Waals surface area contributed by atoms with Crippen LogP contribution in [0.3, 0.4) is 0 Å². The Kier molecular flexibility index (Phi) is 4.74. The third-order valence-corrected chi connectivity index (χ3v) is 3.32. The number of nitrogens with two attached hydrogens (primary N) is 1. The van der Waals surface area contributed by atoms with Crippen molar-refractivity contribution in [2.24, 2.45) is 5.73 Å². The number of hydrogen-bond acceptors (Lipinski definition) is 3. The van der Waals surface area contributed by atoms with E-state index in [2.05, 4.69) is 6.92 Å². The Balaban J connectivity index is 2.50. The van der Waals surface area contributed by atoms with Gasteiger partial charge in [0.2, 0.25) is 5.91 Å². The topological polar surface area (TPSA) is 55.6 Å². The van der Waals surface area contributed by atoms with Gasteiger partial charge in [-0.1, -0.05) is 13.3 Å². The van der Waals surface area contributed by atoms with Crippen LogP contribution in [0.15, 0.2) is 0 Å². The monoisotopic (exact) mass is 228 g/mol. The molecule has 0 aromatic carbocycles. The Morgan fingerprint density at radius 3 is 2.50 bits per heavy atom. The first-order valence-electron chi connectivity index (χ1n) is 6.12. The van der Waals surface area contributed by atoms with E-state index in [4.69, 9.17) is 10.5 Å². The molecule has 0 saturated carbocycles. The summed E-state index contributed by atoms with van der Waals surface area (Å²) in [5.41, 5.74) is 5.35. The van der Waals surface area contributed by atoms with Gasteiger partial charge in [-0.05, 0) is 26.2 Å². The zero-order valence-corrected chi connectivity index (χ0v) is 10.7. The SMILES string of the molecule is CCCC(C)(N)C(=O)N1CCC(OC)CC1. The van der Waals surface area contributed by atoms with Crippen LogP contribution in [0.25, 0.3) is 0 Å². The van der Waals surface area contributed by atoms with Gasteiger partial charge in [0.25, 0.3) is 0 Å². The van der Waals surface area contributed by atoms with Crippen molar-refractivity contribution < 1.29 is 9.53 Å². The van der Waals surface area contributed by atoms with E-state index < -0.39 is 5.54 Å². The molecule has 0 radical (unpaired) electrons. The van der Waals surface area contributed by atoms with Crippen LogP contribution in [-0.2, 0) is 9.53 Å². The number of amides is 1. The summed E-state index contributed by atoms with van der Waals surface area (Å²) in [6.07, 6.45) is 3.83.